The molecule has 0 amide bonds. The van der Waals surface area contributed by atoms with Crippen LogP contribution in [0.25, 0.3) is 0 Å². The third-order valence-corrected chi connectivity index (χ3v) is 3.68. The van der Waals surface area contributed by atoms with E-state index in [1.165, 1.54) is 29.8 Å². The van der Waals surface area contributed by atoms with Crippen molar-refractivity contribution in [3.05, 3.63) is 45.0 Å². The summed E-state index contributed by atoms with van der Waals surface area (Å²) in [6.07, 6.45) is 1.23. The Morgan fingerprint density at radius 2 is 2.05 bits per heavy atom. The van der Waals surface area contributed by atoms with Gasteiger partial charge in [0, 0.05) is 22.4 Å². The minimum atomic E-state index is -1.19. The molecular weight excluding hydrogens is 390 g/mol. The molecule has 1 aromatic heterocycles. The maximum atomic E-state index is 13.9. The van der Waals surface area contributed by atoms with Gasteiger partial charge in [-0.25, -0.2) is 9.18 Å². The van der Waals surface area contributed by atoms with Crippen LogP contribution in [0.3, 0.4) is 0 Å². The third kappa shape index (κ3) is 3.07. The van der Waals surface area contributed by atoms with E-state index in [9.17, 15) is 19.1 Å². The van der Waals surface area contributed by atoms with E-state index in [4.69, 9.17) is 0 Å². The lowest BCUT2D eigenvalue weighted by Crippen LogP contribution is -2.06. The van der Waals surface area contributed by atoms with Gasteiger partial charge < -0.3 is 10.4 Å². The normalized spacial score (nSPS) is 10.5. The van der Waals surface area contributed by atoms with Gasteiger partial charge >= 0.3 is 5.97 Å². The van der Waals surface area contributed by atoms with E-state index in [0.717, 1.165) is 3.57 Å². The van der Waals surface area contributed by atoms with Crippen molar-refractivity contribution in [1.82, 2.24) is 4.57 Å². The highest BCUT2D eigenvalue weighted by atomic mass is 127. The van der Waals surface area contributed by atoms with Crippen LogP contribution < -0.4 is 5.32 Å². The quantitative estimate of drug-likeness (QED) is 0.770. The Hall–Kier alpha value is -1.90. The van der Waals surface area contributed by atoms with Gasteiger partial charge in [0.2, 0.25) is 5.91 Å². The molecule has 0 saturated carbocycles. The summed E-state index contributed by atoms with van der Waals surface area (Å²) >= 11 is 1.98. The van der Waals surface area contributed by atoms with Crippen molar-refractivity contribution in [2.24, 2.45) is 0 Å². The Labute approximate surface area is 133 Å². The monoisotopic (exact) mass is 402 g/mol. The summed E-state index contributed by atoms with van der Waals surface area (Å²) in [5.74, 6) is -1.99. The predicted octanol–water partition coefficient (Wildman–Crippen LogP) is 3.64. The molecule has 0 aliphatic heterocycles. The maximum Gasteiger partial charge on any atom is 0.339 e. The van der Waals surface area contributed by atoms with Crippen molar-refractivity contribution >= 4 is 45.8 Å². The Morgan fingerprint density at radius 1 is 1.38 bits per heavy atom. The molecule has 1 heterocycles. The lowest BCUT2D eigenvalue weighted by atomic mass is 10.2. The molecular formula is C14H12FIN2O3. The fraction of sp³-hybridized carbons (Fsp3) is 0.143. The number of hydrogen-bond acceptors (Lipinski definition) is 3. The maximum absolute atomic E-state index is 13.9. The fourth-order valence-electron chi connectivity index (χ4n) is 1.98. The van der Waals surface area contributed by atoms with Crippen LogP contribution in [-0.4, -0.2) is 21.6 Å². The van der Waals surface area contributed by atoms with Gasteiger partial charge in [-0.3, -0.25) is 9.36 Å². The van der Waals surface area contributed by atoms with E-state index >= 15 is 0 Å². The number of benzene rings is 1. The van der Waals surface area contributed by atoms with Gasteiger partial charge in [-0.05, 0) is 47.7 Å². The SMILES string of the molecule is CC(=O)n1cc(C(=O)O)c(Nc2ccc(I)cc2F)c1C. The van der Waals surface area contributed by atoms with Crippen molar-refractivity contribution in [2.75, 3.05) is 5.32 Å². The number of halogens is 2. The van der Waals surface area contributed by atoms with Gasteiger partial charge in [0.05, 0.1) is 11.4 Å². The zero-order valence-corrected chi connectivity index (χ0v) is 13.4. The van der Waals surface area contributed by atoms with Crippen LogP contribution in [-0.2, 0) is 0 Å². The summed E-state index contributed by atoms with van der Waals surface area (Å²) in [6.45, 7) is 2.93. The number of nitrogens with zero attached hydrogens (tertiary/aromatic N) is 1. The Balaban J connectivity index is 2.52. The van der Waals surface area contributed by atoms with Gasteiger partial charge in [-0.15, -0.1) is 0 Å². The number of aromatic carboxylic acids is 1. The van der Waals surface area contributed by atoms with Gasteiger partial charge in [-0.1, -0.05) is 0 Å². The highest BCUT2D eigenvalue weighted by Crippen LogP contribution is 2.29. The van der Waals surface area contributed by atoms with E-state index in [1.807, 2.05) is 22.6 Å². The van der Waals surface area contributed by atoms with Crippen molar-refractivity contribution in [3.63, 3.8) is 0 Å². The molecule has 0 fully saturated rings. The number of nitrogens with one attached hydrogen (secondary N) is 1. The topological polar surface area (TPSA) is 71.3 Å². The number of carbonyl (C=O) groups is 2. The first-order valence-electron chi connectivity index (χ1n) is 5.99. The molecule has 0 bridgehead atoms. The Morgan fingerprint density at radius 3 is 2.57 bits per heavy atom. The first kappa shape index (κ1) is 15.5. The molecule has 2 rings (SSSR count). The van der Waals surface area contributed by atoms with E-state index in [-0.39, 0.29) is 22.8 Å². The van der Waals surface area contributed by atoms with Crippen LogP contribution in [0.4, 0.5) is 15.8 Å². The van der Waals surface area contributed by atoms with Gasteiger partial charge in [0.1, 0.15) is 11.4 Å². The summed E-state index contributed by atoms with van der Waals surface area (Å²) in [7, 11) is 0. The molecule has 0 spiro atoms. The van der Waals surface area contributed by atoms with Crippen LogP contribution in [0, 0.1) is 16.3 Å². The summed E-state index contributed by atoms with van der Waals surface area (Å²) in [4.78, 5) is 22.8. The molecule has 0 radical (unpaired) electrons. The second-order valence-corrected chi connectivity index (χ2v) is 5.69. The predicted molar refractivity (Wildman–Crippen MR) is 84.8 cm³/mol. The number of carbonyl (C=O) groups excluding carboxylic acids is 1. The van der Waals surface area contributed by atoms with Crippen LogP contribution in [0.1, 0.15) is 27.8 Å². The van der Waals surface area contributed by atoms with Crippen molar-refractivity contribution in [1.29, 1.82) is 0 Å². The largest absolute Gasteiger partial charge is 0.478 e. The van der Waals surface area contributed by atoms with E-state index in [0.29, 0.717) is 5.69 Å². The van der Waals surface area contributed by atoms with E-state index < -0.39 is 11.8 Å². The molecule has 7 heteroatoms. The van der Waals surface area contributed by atoms with Crippen molar-refractivity contribution in [2.45, 2.75) is 13.8 Å². The first-order valence-corrected chi connectivity index (χ1v) is 7.07. The first-order chi connectivity index (χ1) is 9.81. The Kier molecular flexibility index (Phi) is 4.31. The molecule has 0 aliphatic rings. The second kappa shape index (κ2) is 5.84. The number of carboxylic acid groups (broad SMARTS) is 1. The summed E-state index contributed by atoms with van der Waals surface area (Å²) in [6, 6.07) is 4.55. The van der Waals surface area contributed by atoms with Crippen LogP contribution in [0.5, 0.6) is 0 Å². The average molecular weight is 402 g/mol. The Bertz CT molecular complexity index is 740. The summed E-state index contributed by atoms with van der Waals surface area (Å²) in [5.41, 5.74) is 0.693. The van der Waals surface area contributed by atoms with Gasteiger partial charge in [0.25, 0.3) is 0 Å². The third-order valence-electron chi connectivity index (χ3n) is 3.01. The van der Waals surface area contributed by atoms with Gasteiger partial charge in [-0.2, -0.15) is 0 Å². The van der Waals surface area contributed by atoms with Crippen molar-refractivity contribution in [3.8, 4) is 0 Å². The number of hydrogen-bond donors (Lipinski definition) is 2. The van der Waals surface area contributed by atoms with Crippen LogP contribution >= 0.6 is 22.6 Å². The molecule has 0 saturated heterocycles. The minimum absolute atomic E-state index is 0.0827. The number of carboxylic acids is 1. The molecule has 110 valence electrons. The van der Waals surface area contributed by atoms with Crippen LogP contribution in [0.15, 0.2) is 24.4 Å². The highest BCUT2D eigenvalue weighted by molar-refractivity contribution is 14.1. The molecule has 21 heavy (non-hydrogen) atoms. The smallest absolute Gasteiger partial charge is 0.339 e. The lowest BCUT2D eigenvalue weighted by molar-refractivity contribution is 0.0698. The van der Waals surface area contributed by atoms with E-state index in [1.54, 1.807) is 13.0 Å². The molecule has 5 nitrogen and oxygen atoms in total. The zero-order chi connectivity index (χ0) is 15.7. The molecule has 0 unspecified atom stereocenters. The highest BCUT2D eigenvalue weighted by Gasteiger charge is 2.20. The molecule has 2 aromatic rings. The minimum Gasteiger partial charge on any atom is -0.478 e. The standard InChI is InChI=1S/C14H12FIN2O3/c1-7-13(10(14(20)21)6-18(7)8(2)19)17-12-4-3-9(16)5-11(12)15/h3-6,17H,1-2H3,(H,20,21). The van der Waals surface area contributed by atoms with E-state index in [2.05, 4.69) is 5.32 Å². The molecule has 2 N–H and O–H groups in total. The fourth-order valence-corrected chi connectivity index (χ4v) is 2.43. The molecule has 1 aromatic carbocycles. The number of aromatic nitrogens is 1. The number of anilines is 2. The molecule has 0 atom stereocenters. The number of rotatable bonds is 3. The van der Waals surface area contributed by atoms with Crippen molar-refractivity contribution < 1.29 is 19.1 Å². The average Bonchev–Trinajstić information content (AvgIpc) is 2.70. The molecule has 0 aliphatic carbocycles. The van der Waals surface area contributed by atoms with Gasteiger partial charge in [0.15, 0.2) is 0 Å². The van der Waals surface area contributed by atoms with Crippen LogP contribution in [0.2, 0.25) is 0 Å². The summed E-state index contributed by atoms with van der Waals surface area (Å²) in [5, 5.41) is 12.0. The summed E-state index contributed by atoms with van der Waals surface area (Å²) < 4.78 is 15.8. The lowest BCUT2D eigenvalue weighted by Gasteiger charge is -2.09. The zero-order valence-electron chi connectivity index (χ0n) is 11.3. The second-order valence-electron chi connectivity index (χ2n) is 4.45.